The third kappa shape index (κ3) is 3.18. The molecule has 0 aliphatic heterocycles. The maximum Gasteiger partial charge on any atom is 0.216 e. The molecule has 0 atom stereocenters. The summed E-state index contributed by atoms with van der Waals surface area (Å²) >= 11 is 11.5. The van der Waals surface area contributed by atoms with Crippen LogP contribution in [0.3, 0.4) is 0 Å². The van der Waals surface area contributed by atoms with Gasteiger partial charge in [0.15, 0.2) is 5.82 Å². The normalized spacial score (nSPS) is 11.0. The first-order chi connectivity index (χ1) is 11.2. The van der Waals surface area contributed by atoms with E-state index in [1.807, 2.05) is 42.5 Å². The molecule has 0 saturated carbocycles. The summed E-state index contributed by atoms with van der Waals surface area (Å²) in [7, 11) is 1.62. The summed E-state index contributed by atoms with van der Waals surface area (Å²) in [6, 6.07) is 15.0. The van der Waals surface area contributed by atoms with E-state index >= 15 is 0 Å². The van der Waals surface area contributed by atoms with Crippen molar-refractivity contribution < 1.29 is 4.74 Å². The van der Waals surface area contributed by atoms with E-state index in [-0.39, 0.29) is 0 Å². The fourth-order valence-corrected chi connectivity index (χ4v) is 2.51. The second-order valence-electron chi connectivity index (χ2n) is 4.63. The van der Waals surface area contributed by atoms with Crippen molar-refractivity contribution in [3.05, 3.63) is 63.9 Å². The van der Waals surface area contributed by atoms with Crippen molar-refractivity contribution in [3.63, 3.8) is 0 Å². The van der Waals surface area contributed by atoms with Gasteiger partial charge in [-0.3, -0.25) is 0 Å². The summed E-state index contributed by atoms with van der Waals surface area (Å²) in [5.74, 6) is 1.28. The van der Waals surface area contributed by atoms with Gasteiger partial charge in [0.25, 0.3) is 0 Å². The monoisotopic (exact) mass is 344 g/mol. The van der Waals surface area contributed by atoms with Gasteiger partial charge in [0, 0.05) is 11.1 Å². The Labute approximate surface area is 143 Å². The molecule has 23 heavy (non-hydrogen) atoms. The molecule has 0 aliphatic carbocycles. The number of nitrogens with one attached hydrogen (secondary N) is 1. The first kappa shape index (κ1) is 15.5. The predicted octanol–water partition coefficient (Wildman–Crippen LogP) is 4.15. The highest BCUT2D eigenvalue weighted by molar-refractivity contribution is 7.71. The van der Waals surface area contributed by atoms with Crippen LogP contribution in [0.15, 0.2) is 53.6 Å². The molecule has 7 heteroatoms. The van der Waals surface area contributed by atoms with Crippen LogP contribution in [0.25, 0.3) is 11.4 Å². The molecule has 1 heterocycles. The molecule has 0 fully saturated rings. The van der Waals surface area contributed by atoms with E-state index in [9.17, 15) is 0 Å². The van der Waals surface area contributed by atoms with Crippen molar-refractivity contribution in [1.82, 2.24) is 14.9 Å². The number of nitrogens with zero attached hydrogens (tertiary/aromatic N) is 3. The van der Waals surface area contributed by atoms with Gasteiger partial charge in [-0.2, -0.15) is 14.9 Å². The van der Waals surface area contributed by atoms with E-state index in [1.165, 1.54) is 4.68 Å². The fraction of sp³-hybridized carbons (Fsp3) is 0.0625. The summed E-state index contributed by atoms with van der Waals surface area (Å²) in [4.78, 5) is 0. The highest BCUT2D eigenvalue weighted by atomic mass is 35.5. The topological polar surface area (TPSA) is 55.2 Å². The van der Waals surface area contributed by atoms with Gasteiger partial charge in [0.05, 0.1) is 18.3 Å². The minimum atomic E-state index is 0.381. The Morgan fingerprint density at radius 1 is 1.22 bits per heavy atom. The smallest absolute Gasteiger partial charge is 0.216 e. The minimum absolute atomic E-state index is 0.381. The van der Waals surface area contributed by atoms with Crippen LogP contribution >= 0.6 is 23.8 Å². The lowest BCUT2D eigenvalue weighted by molar-refractivity contribution is 0.414. The van der Waals surface area contributed by atoms with Gasteiger partial charge in [-0.05, 0) is 36.5 Å². The molecule has 3 aromatic rings. The van der Waals surface area contributed by atoms with Crippen LogP contribution in [0, 0.1) is 4.77 Å². The molecule has 0 radical (unpaired) electrons. The van der Waals surface area contributed by atoms with E-state index < -0.39 is 0 Å². The summed E-state index contributed by atoms with van der Waals surface area (Å²) in [6.45, 7) is 0. The Hall–Kier alpha value is -2.44. The van der Waals surface area contributed by atoms with Crippen LogP contribution in [0.1, 0.15) is 5.56 Å². The lowest BCUT2D eigenvalue weighted by Crippen LogP contribution is -1.97. The number of aromatic nitrogens is 3. The second kappa shape index (κ2) is 6.76. The van der Waals surface area contributed by atoms with E-state index in [1.54, 1.807) is 19.4 Å². The summed E-state index contributed by atoms with van der Waals surface area (Å²) in [5, 5.41) is 12.0. The van der Waals surface area contributed by atoms with Gasteiger partial charge in [-0.1, -0.05) is 35.9 Å². The number of aromatic amines is 1. The van der Waals surface area contributed by atoms with Crippen LogP contribution in [0.5, 0.6) is 5.75 Å². The first-order valence-corrected chi connectivity index (χ1v) is 7.59. The van der Waals surface area contributed by atoms with E-state index in [0.29, 0.717) is 15.6 Å². The van der Waals surface area contributed by atoms with Crippen molar-refractivity contribution in [2.45, 2.75) is 0 Å². The van der Waals surface area contributed by atoms with Gasteiger partial charge >= 0.3 is 0 Å². The Bertz CT molecular complexity index is 916. The Morgan fingerprint density at radius 3 is 2.74 bits per heavy atom. The average Bonchev–Trinajstić information content (AvgIpc) is 2.94. The van der Waals surface area contributed by atoms with Gasteiger partial charge in [-0.25, -0.2) is 5.10 Å². The van der Waals surface area contributed by atoms with Gasteiger partial charge < -0.3 is 4.74 Å². The third-order valence-corrected chi connectivity index (χ3v) is 3.81. The highest BCUT2D eigenvalue weighted by Crippen LogP contribution is 2.26. The molecule has 0 spiro atoms. The zero-order valence-corrected chi connectivity index (χ0v) is 13.8. The van der Waals surface area contributed by atoms with Crippen molar-refractivity contribution in [2.24, 2.45) is 5.10 Å². The molecule has 5 nitrogen and oxygen atoms in total. The minimum Gasteiger partial charge on any atom is -0.496 e. The predicted molar refractivity (Wildman–Crippen MR) is 93.8 cm³/mol. The molecular weight excluding hydrogens is 332 g/mol. The Balaban J connectivity index is 2.05. The van der Waals surface area contributed by atoms with Crippen molar-refractivity contribution in [3.8, 4) is 17.1 Å². The Kier molecular flexibility index (Phi) is 4.55. The van der Waals surface area contributed by atoms with Crippen LogP contribution in [-0.4, -0.2) is 28.2 Å². The number of halogens is 1. The lowest BCUT2D eigenvalue weighted by Gasteiger charge is -2.05. The largest absolute Gasteiger partial charge is 0.496 e. The molecule has 1 N–H and O–H groups in total. The zero-order valence-electron chi connectivity index (χ0n) is 12.2. The van der Waals surface area contributed by atoms with E-state index in [0.717, 1.165) is 16.9 Å². The molecule has 2 aromatic carbocycles. The lowest BCUT2D eigenvalue weighted by atomic mass is 10.2. The number of hydrogen-bond donors (Lipinski definition) is 1. The van der Waals surface area contributed by atoms with E-state index in [4.69, 9.17) is 28.6 Å². The molecule has 0 bridgehead atoms. The molecule has 0 saturated heterocycles. The molecule has 116 valence electrons. The van der Waals surface area contributed by atoms with Gasteiger partial charge in [0.2, 0.25) is 4.77 Å². The van der Waals surface area contributed by atoms with Crippen LogP contribution < -0.4 is 4.74 Å². The first-order valence-electron chi connectivity index (χ1n) is 6.80. The number of benzene rings is 2. The van der Waals surface area contributed by atoms with E-state index in [2.05, 4.69) is 15.3 Å². The maximum absolute atomic E-state index is 6.23. The Morgan fingerprint density at radius 2 is 1.96 bits per heavy atom. The van der Waals surface area contributed by atoms with Crippen LogP contribution in [-0.2, 0) is 0 Å². The molecular formula is C16H13ClN4OS. The molecule has 0 amide bonds. The SMILES string of the molecule is COc1ccccc1C=Nn1c(-c2ccccc2Cl)n[nH]c1=S. The number of methoxy groups -OCH3 is 1. The van der Waals surface area contributed by atoms with Crippen LogP contribution in [0.4, 0.5) is 0 Å². The van der Waals surface area contributed by atoms with Crippen molar-refractivity contribution in [1.29, 1.82) is 0 Å². The molecule has 3 rings (SSSR count). The van der Waals surface area contributed by atoms with Gasteiger partial charge in [-0.15, -0.1) is 0 Å². The second-order valence-corrected chi connectivity index (χ2v) is 5.42. The van der Waals surface area contributed by atoms with Crippen molar-refractivity contribution in [2.75, 3.05) is 7.11 Å². The molecule has 0 aliphatic rings. The summed E-state index contributed by atoms with van der Waals surface area (Å²) in [6.07, 6.45) is 1.67. The number of para-hydroxylation sites is 1. The number of hydrogen-bond acceptors (Lipinski definition) is 4. The highest BCUT2D eigenvalue weighted by Gasteiger charge is 2.11. The fourth-order valence-electron chi connectivity index (χ4n) is 2.11. The maximum atomic E-state index is 6.23. The average molecular weight is 345 g/mol. The molecule has 1 aromatic heterocycles. The van der Waals surface area contributed by atoms with Crippen molar-refractivity contribution >= 4 is 30.0 Å². The number of ether oxygens (including phenoxy) is 1. The number of rotatable bonds is 4. The van der Waals surface area contributed by atoms with Gasteiger partial charge in [0.1, 0.15) is 5.75 Å². The number of H-pyrrole nitrogens is 1. The molecule has 0 unspecified atom stereocenters. The standard InChI is InChI=1S/C16H13ClN4OS/c1-22-14-9-5-2-6-11(14)10-18-21-15(19-20-16(21)23)12-7-3-4-8-13(12)17/h2-10H,1H3,(H,20,23). The van der Waals surface area contributed by atoms with Crippen LogP contribution in [0.2, 0.25) is 5.02 Å². The zero-order chi connectivity index (χ0) is 16.2. The summed E-state index contributed by atoms with van der Waals surface area (Å²) < 4.78 is 7.22. The quantitative estimate of drug-likeness (QED) is 0.571. The third-order valence-electron chi connectivity index (χ3n) is 3.22. The summed E-state index contributed by atoms with van der Waals surface area (Å²) in [5.41, 5.74) is 1.59.